The van der Waals surface area contributed by atoms with Crippen LogP contribution in [0.15, 0.2) is 84.9 Å². The minimum Gasteiger partial charge on any atom is -0.496 e. The molecule has 1 aliphatic rings. The number of fused-ring (bicyclic) bond motifs is 1. The molecule has 0 saturated carbocycles. The van der Waals surface area contributed by atoms with E-state index < -0.39 is 5.54 Å². The number of hydrogen-bond acceptors (Lipinski definition) is 4. The fourth-order valence-corrected chi connectivity index (χ4v) is 4.85. The number of amides is 2. The van der Waals surface area contributed by atoms with Gasteiger partial charge in [0.15, 0.2) is 0 Å². The molecule has 5 rings (SSSR count). The van der Waals surface area contributed by atoms with Gasteiger partial charge in [0, 0.05) is 24.2 Å². The first kappa shape index (κ1) is 24.3. The number of rotatable bonds is 7. The summed E-state index contributed by atoms with van der Waals surface area (Å²) in [4.78, 5) is 29.4. The Morgan fingerprint density at radius 1 is 1.03 bits per heavy atom. The van der Waals surface area contributed by atoms with E-state index >= 15 is 0 Å². The SMILES string of the molecule is COc1ccccc1CNC(=O)[C@@]1(C)Cn2nc(-c3ccccc3)cc2C(=O)N1Cc1cccc(C)c1. The predicted octanol–water partition coefficient (Wildman–Crippen LogP) is 4.60. The molecular formula is C30H30N4O3. The maximum atomic E-state index is 13.9. The first-order valence-corrected chi connectivity index (χ1v) is 12.3. The molecule has 0 radical (unpaired) electrons. The lowest BCUT2D eigenvalue weighted by atomic mass is 9.93. The fourth-order valence-electron chi connectivity index (χ4n) is 4.85. The molecule has 1 aliphatic heterocycles. The average Bonchev–Trinajstić information content (AvgIpc) is 3.34. The lowest BCUT2D eigenvalue weighted by Crippen LogP contribution is -2.63. The summed E-state index contributed by atoms with van der Waals surface area (Å²) in [6.45, 7) is 4.66. The largest absolute Gasteiger partial charge is 0.496 e. The Morgan fingerprint density at radius 3 is 2.54 bits per heavy atom. The summed E-state index contributed by atoms with van der Waals surface area (Å²) in [7, 11) is 1.61. The Morgan fingerprint density at radius 2 is 1.78 bits per heavy atom. The number of nitrogens with zero attached hydrogens (tertiary/aromatic N) is 3. The highest BCUT2D eigenvalue weighted by Gasteiger charge is 2.48. The highest BCUT2D eigenvalue weighted by Crippen LogP contribution is 2.32. The van der Waals surface area contributed by atoms with Crippen LogP contribution in [-0.2, 0) is 24.4 Å². The van der Waals surface area contributed by atoms with Crippen molar-refractivity contribution in [2.24, 2.45) is 0 Å². The quantitative estimate of drug-likeness (QED) is 0.408. The molecular weight excluding hydrogens is 464 g/mol. The lowest BCUT2D eigenvalue weighted by Gasteiger charge is -2.43. The van der Waals surface area contributed by atoms with Gasteiger partial charge in [-0.15, -0.1) is 0 Å². The van der Waals surface area contributed by atoms with Gasteiger partial charge in [-0.25, -0.2) is 0 Å². The Hall–Kier alpha value is -4.39. The molecule has 0 aliphatic carbocycles. The van der Waals surface area contributed by atoms with Crippen LogP contribution in [0.1, 0.15) is 34.1 Å². The lowest BCUT2D eigenvalue weighted by molar-refractivity contribution is -0.133. The number of ether oxygens (including phenoxy) is 1. The zero-order chi connectivity index (χ0) is 26.0. The predicted molar refractivity (Wildman–Crippen MR) is 142 cm³/mol. The molecule has 0 saturated heterocycles. The molecule has 1 atom stereocenters. The third-order valence-corrected chi connectivity index (χ3v) is 6.91. The topological polar surface area (TPSA) is 76.5 Å². The van der Waals surface area contributed by atoms with E-state index in [0.29, 0.717) is 23.7 Å². The number of aromatic nitrogens is 2. The third kappa shape index (κ3) is 4.72. The molecule has 1 aromatic heterocycles. The van der Waals surface area contributed by atoms with Crippen LogP contribution in [0.5, 0.6) is 5.75 Å². The van der Waals surface area contributed by atoms with Crippen molar-refractivity contribution in [3.8, 4) is 17.0 Å². The first-order chi connectivity index (χ1) is 17.9. The second kappa shape index (κ2) is 9.93. The van der Waals surface area contributed by atoms with Crippen molar-refractivity contribution < 1.29 is 14.3 Å². The first-order valence-electron chi connectivity index (χ1n) is 12.3. The zero-order valence-electron chi connectivity index (χ0n) is 21.3. The molecule has 2 amide bonds. The number of carbonyl (C=O) groups excluding carboxylic acids is 2. The van der Waals surface area contributed by atoms with Crippen LogP contribution >= 0.6 is 0 Å². The van der Waals surface area contributed by atoms with Crippen molar-refractivity contribution in [2.75, 3.05) is 7.11 Å². The van der Waals surface area contributed by atoms with Crippen LogP contribution in [0.25, 0.3) is 11.3 Å². The van der Waals surface area contributed by atoms with E-state index in [2.05, 4.69) is 5.32 Å². The van der Waals surface area contributed by atoms with Crippen molar-refractivity contribution in [2.45, 2.75) is 39.0 Å². The van der Waals surface area contributed by atoms with Gasteiger partial charge in [-0.05, 0) is 31.5 Å². The zero-order valence-corrected chi connectivity index (χ0v) is 21.3. The van der Waals surface area contributed by atoms with Gasteiger partial charge in [0.05, 0.1) is 19.3 Å². The molecule has 188 valence electrons. The number of nitrogens with one attached hydrogen (secondary N) is 1. The minimum atomic E-state index is -1.16. The van der Waals surface area contributed by atoms with Gasteiger partial charge in [-0.1, -0.05) is 78.4 Å². The molecule has 0 fully saturated rings. The Kier molecular flexibility index (Phi) is 6.53. The number of aryl methyl sites for hydroxylation is 1. The molecule has 0 unspecified atom stereocenters. The third-order valence-electron chi connectivity index (χ3n) is 6.91. The summed E-state index contributed by atoms with van der Waals surface area (Å²) in [6, 6.07) is 27.1. The maximum absolute atomic E-state index is 13.9. The second-order valence-corrected chi connectivity index (χ2v) is 9.59. The van der Waals surface area contributed by atoms with Crippen molar-refractivity contribution in [3.05, 3.63) is 107 Å². The number of hydrogen-bond donors (Lipinski definition) is 1. The maximum Gasteiger partial charge on any atom is 0.273 e. The van der Waals surface area contributed by atoms with Crippen molar-refractivity contribution >= 4 is 11.8 Å². The van der Waals surface area contributed by atoms with Crippen molar-refractivity contribution in [3.63, 3.8) is 0 Å². The molecule has 2 heterocycles. The van der Waals surface area contributed by atoms with E-state index in [1.165, 1.54) is 0 Å². The van der Waals surface area contributed by atoms with Gasteiger partial charge >= 0.3 is 0 Å². The fraction of sp³-hybridized carbons (Fsp3) is 0.233. The highest BCUT2D eigenvalue weighted by molar-refractivity contribution is 6.00. The summed E-state index contributed by atoms with van der Waals surface area (Å²) in [6.07, 6.45) is 0. The van der Waals surface area contributed by atoms with Crippen LogP contribution in [0, 0.1) is 6.92 Å². The normalized spacial score (nSPS) is 16.8. The summed E-state index contributed by atoms with van der Waals surface area (Å²) >= 11 is 0. The van der Waals surface area contributed by atoms with Gasteiger partial charge < -0.3 is 15.0 Å². The van der Waals surface area contributed by atoms with Crippen LogP contribution in [-0.4, -0.2) is 39.1 Å². The summed E-state index contributed by atoms with van der Waals surface area (Å²) in [5.41, 5.74) is 3.87. The number of carbonyl (C=O) groups is 2. The Labute approximate surface area is 216 Å². The molecule has 7 nitrogen and oxygen atoms in total. The Bertz CT molecular complexity index is 1450. The average molecular weight is 495 g/mol. The van der Waals surface area contributed by atoms with Gasteiger partial charge in [-0.2, -0.15) is 5.10 Å². The number of benzene rings is 3. The second-order valence-electron chi connectivity index (χ2n) is 9.59. The van der Waals surface area contributed by atoms with Gasteiger partial charge in [0.2, 0.25) is 5.91 Å². The van der Waals surface area contributed by atoms with Crippen LogP contribution in [0.4, 0.5) is 0 Å². The molecule has 37 heavy (non-hydrogen) atoms. The standard InChI is InChI=1S/C30H30N4O3/c1-21-10-9-11-22(16-21)19-33-28(35)26-17-25(23-12-5-4-6-13-23)32-34(26)20-30(33,2)29(36)31-18-24-14-7-8-15-27(24)37-3/h4-17H,18-20H2,1-3H3,(H,31,36)/t30-/m1/s1. The number of methoxy groups -OCH3 is 1. The summed E-state index contributed by atoms with van der Waals surface area (Å²) in [5.74, 6) is 0.227. The Balaban J connectivity index is 1.50. The smallest absolute Gasteiger partial charge is 0.273 e. The summed E-state index contributed by atoms with van der Waals surface area (Å²) in [5, 5.41) is 7.77. The van der Waals surface area contributed by atoms with Gasteiger partial charge in [0.25, 0.3) is 5.91 Å². The van der Waals surface area contributed by atoms with Crippen molar-refractivity contribution in [1.82, 2.24) is 20.0 Å². The molecule has 4 aromatic rings. The molecule has 7 heteroatoms. The van der Waals surface area contributed by atoms with E-state index in [1.807, 2.05) is 98.8 Å². The van der Waals surface area contributed by atoms with E-state index in [-0.39, 0.29) is 24.9 Å². The van der Waals surface area contributed by atoms with Crippen molar-refractivity contribution in [1.29, 1.82) is 0 Å². The number of para-hydroxylation sites is 1. The highest BCUT2D eigenvalue weighted by atomic mass is 16.5. The van der Waals surface area contributed by atoms with Crippen LogP contribution < -0.4 is 10.1 Å². The van der Waals surface area contributed by atoms with Crippen LogP contribution in [0.3, 0.4) is 0 Å². The van der Waals surface area contributed by atoms with Gasteiger partial charge in [-0.3, -0.25) is 14.3 Å². The van der Waals surface area contributed by atoms with E-state index in [0.717, 1.165) is 22.3 Å². The van der Waals surface area contributed by atoms with Crippen LogP contribution in [0.2, 0.25) is 0 Å². The molecule has 3 aromatic carbocycles. The molecule has 0 spiro atoms. The van der Waals surface area contributed by atoms with E-state index in [4.69, 9.17) is 9.84 Å². The summed E-state index contributed by atoms with van der Waals surface area (Å²) < 4.78 is 7.10. The minimum absolute atomic E-state index is 0.225. The van der Waals surface area contributed by atoms with E-state index in [1.54, 1.807) is 16.7 Å². The molecule has 0 bridgehead atoms. The van der Waals surface area contributed by atoms with E-state index in [9.17, 15) is 9.59 Å². The van der Waals surface area contributed by atoms with Gasteiger partial charge in [0.1, 0.15) is 17.0 Å². The monoisotopic (exact) mass is 494 g/mol. The molecule has 1 N–H and O–H groups in total.